The fraction of sp³-hybridized carbons (Fsp3) is 0.531. The number of aliphatic imine (C=N–C) groups is 1. The van der Waals surface area contributed by atoms with Crippen LogP contribution >= 0.6 is 45.8 Å². The fourth-order valence-electron chi connectivity index (χ4n) is 6.09. The summed E-state index contributed by atoms with van der Waals surface area (Å²) in [7, 11) is 0. The number of fused-ring (bicyclic) bond motifs is 2. The summed E-state index contributed by atoms with van der Waals surface area (Å²) in [6.07, 6.45) is 6.75. The quantitative estimate of drug-likeness (QED) is 0.205. The molecule has 3 aliphatic rings. The molecule has 15 heteroatoms. The minimum Gasteiger partial charge on any atom is -0.352 e. The van der Waals surface area contributed by atoms with Gasteiger partial charge in [-0.05, 0) is 38.8 Å². The molecule has 11 nitrogen and oxygen atoms in total. The molecule has 0 bridgehead atoms. The minimum atomic E-state index is 0.248. The van der Waals surface area contributed by atoms with Crippen LogP contribution in [0.3, 0.4) is 0 Å². The zero-order chi connectivity index (χ0) is 32.4. The molecule has 0 N–H and O–H groups in total. The predicted octanol–water partition coefficient (Wildman–Crippen LogP) is 6.08. The Kier molecular flexibility index (Phi) is 9.76. The number of rotatable bonds is 6. The normalized spacial score (nSPS) is 18.2. The molecule has 0 saturated carbocycles. The van der Waals surface area contributed by atoms with E-state index in [0.29, 0.717) is 0 Å². The molecule has 3 aliphatic heterocycles. The highest BCUT2D eigenvalue weighted by Crippen LogP contribution is 2.35. The van der Waals surface area contributed by atoms with Crippen molar-refractivity contribution < 1.29 is 0 Å². The van der Waals surface area contributed by atoms with Crippen molar-refractivity contribution in [3.05, 3.63) is 40.1 Å². The van der Waals surface area contributed by atoms with Gasteiger partial charge in [0, 0.05) is 66.9 Å². The molecule has 0 aliphatic carbocycles. The summed E-state index contributed by atoms with van der Waals surface area (Å²) in [5, 5.41) is 12.7. The third kappa shape index (κ3) is 7.18. The number of aromatic nitrogens is 6. The van der Waals surface area contributed by atoms with E-state index in [2.05, 4.69) is 89.6 Å². The van der Waals surface area contributed by atoms with Crippen LogP contribution in [0.25, 0.3) is 20.4 Å². The van der Waals surface area contributed by atoms with Crippen LogP contribution in [-0.2, 0) is 12.8 Å². The summed E-state index contributed by atoms with van der Waals surface area (Å²) >= 11 is 7.09. The van der Waals surface area contributed by atoms with E-state index in [1.54, 1.807) is 40.8 Å². The van der Waals surface area contributed by atoms with Crippen molar-refractivity contribution in [2.75, 3.05) is 73.6 Å². The van der Waals surface area contributed by atoms with E-state index >= 15 is 0 Å². The van der Waals surface area contributed by atoms with E-state index in [-0.39, 0.29) is 4.75 Å². The van der Waals surface area contributed by atoms with Crippen molar-refractivity contribution in [1.82, 2.24) is 35.0 Å². The van der Waals surface area contributed by atoms with E-state index < -0.39 is 0 Å². The highest BCUT2D eigenvalue weighted by molar-refractivity contribution is 8.15. The Hall–Kier alpha value is -3.14. The molecular weight excluding hydrogens is 667 g/mol. The number of thiophene rings is 2. The van der Waals surface area contributed by atoms with Gasteiger partial charge in [-0.3, -0.25) is 4.99 Å². The zero-order valence-electron chi connectivity index (χ0n) is 27.4. The Morgan fingerprint density at radius 2 is 1.30 bits per heavy atom. The number of aryl methyl sites for hydroxylation is 2. The van der Waals surface area contributed by atoms with E-state index in [9.17, 15) is 0 Å². The summed E-state index contributed by atoms with van der Waals surface area (Å²) in [5.74, 6) is 2.17. The Morgan fingerprint density at radius 3 is 1.83 bits per heavy atom. The smallest absolute Gasteiger partial charge is 0.208 e. The van der Waals surface area contributed by atoms with Crippen LogP contribution in [0.15, 0.2) is 35.3 Å². The molecule has 5 aromatic rings. The van der Waals surface area contributed by atoms with Gasteiger partial charge in [0.25, 0.3) is 0 Å². The minimum absolute atomic E-state index is 0.248. The Bertz CT molecular complexity index is 1820. The van der Waals surface area contributed by atoms with Crippen molar-refractivity contribution in [3.63, 3.8) is 0 Å². The van der Waals surface area contributed by atoms with Gasteiger partial charge in [-0.1, -0.05) is 43.4 Å². The molecule has 47 heavy (non-hydrogen) atoms. The van der Waals surface area contributed by atoms with Crippen LogP contribution < -0.4 is 14.7 Å². The van der Waals surface area contributed by atoms with Crippen molar-refractivity contribution >= 4 is 88.1 Å². The van der Waals surface area contributed by atoms with Crippen molar-refractivity contribution in [1.29, 1.82) is 0 Å². The first-order valence-corrected chi connectivity index (χ1v) is 19.7. The molecule has 0 unspecified atom stereocenters. The average molecular weight is 708 g/mol. The number of hydrogen-bond donors (Lipinski definition) is 0. The van der Waals surface area contributed by atoms with Gasteiger partial charge in [-0.25, -0.2) is 19.9 Å². The van der Waals surface area contributed by atoms with Crippen molar-refractivity contribution in [3.8, 4) is 0 Å². The largest absolute Gasteiger partial charge is 0.352 e. The maximum absolute atomic E-state index is 4.75. The molecule has 248 valence electrons. The van der Waals surface area contributed by atoms with Gasteiger partial charge in [0.05, 0.1) is 17.3 Å². The maximum atomic E-state index is 4.75. The van der Waals surface area contributed by atoms with Crippen LogP contribution in [-0.4, -0.2) is 104 Å². The van der Waals surface area contributed by atoms with Gasteiger partial charge in [-0.2, -0.15) is 0 Å². The summed E-state index contributed by atoms with van der Waals surface area (Å²) in [5.41, 5.74) is 1.79. The van der Waals surface area contributed by atoms with E-state index in [1.807, 2.05) is 23.1 Å². The summed E-state index contributed by atoms with van der Waals surface area (Å²) < 4.78 is 0.248. The molecule has 8 heterocycles. The van der Waals surface area contributed by atoms with Gasteiger partial charge in [0.2, 0.25) is 5.13 Å². The van der Waals surface area contributed by atoms with Crippen molar-refractivity contribution in [2.45, 2.75) is 51.7 Å². The van der Waals surface area contributed by atoms with Crippen LogP contribution in [0.5, 0.6) is 0 Å². The van der Waals surface area contributed by atoms with E-state index in [4.69, 9.17) is 4.99 Å². The van der Waals surface area contributed by atoms with Crippen LogP contribution in [0.4, 0.5) is 16.8 Å². The van der Waals surface area contributed by atoms with Crippen LogP contribution in [0.2, 0.25) is 0 Å². The van der Waals surface area contributed by atoms with Gasteiger partial charge >= 0.3 is 0 Å². The lowest BCUT2D eigenvalue weighted by molar-refractivity contribution is 0.391. The van der Waals surface area contributed by atoms with Crippen LogP contribution in [0, 0.1) is 0 Å². The summed E-state index contributed by atoms with van der Waals surface area (Å²) in [6.45, 7) is 17.7. The second kappa shape index (κ2) is 14.1. The molecular formula is C32H41N11S4. The molecule has 0 spiro atoms. The Balaban J connectivity index is 0.000000151. The highest BCUT2D eigenvalue weighted by atomic mass is 32.2. The van der Waals surface area contributed by atoms with Gasteiger partial charge in [0.1, 0.15) is 39.5 Å². The van der Waals surface area contributed by atoms with Crippen LogP contribution in [0.1, 0.15) is 43.9 Å². The Labute approximate surface area is 292 Å². The van der Waals surface area contributed by atoms with Crippen molar-refractivity contribution in [2.24, 2.45) is 4.99 Å². The lowest BCUT2D eigenvalue weighted by Crippen LogP contribution is -2.48. The molecule has 8 rings (SSSR count). The lowest BCUT2D eigenvalue weighted by atomic mass is 10.2. The SMILES string of the molecule is CCCc1cc2c(N3CCN(C4=NCC(C)(C)S4)CC3)ncnc2s1.CCc1cc2c(N3CCN(c4nncs4)CC3)ncnc2s1. The zero-order valence-corrected chi connectivity index (χ0v) is 30.7. The average Bonchev–Trinajstić information content (AvgIpc) is 3.91. The van der Waals surface area contributed by atoms with Gasteiger partial charge < -0.3 is 19.6 Å². The molecule has 5 aromatic heterocycles. The Morgan fingerprint density at radius 1 is 0.723 bits per heavy atom. The summed E-state index contributed by atoms with van der Waals surface area (Å²) in [6, 6.07) is 4.54. The maximum Gasteiger partial charge on any atom is 0.208 e. The number of nitrogens with zero attached hydrogens (tertiary/aromatic N) is 11. The molecule has 0 atom stereocenters. The molecule has 2 fully saturated rings. The third-order valence-corrected chi connectivity index (χ3v) is 12.9. The molecule has 0 aromatic carbocycles. The number of hydrogen-bond acceptors (Lipinski definition) is 15. The standard InChI is InChI=1S/C18H25N5S2.C14H16N6S2/c1-4-5-13-10-14-15(20-12-21-16(14)24-13)22-6-8-23(9-7-22)17-19-11-18(2,3)25-17;1-2-10-7-11-12(15-8-16-13(11)22-10)19-3-5-20(6-4-19)14-18-17-9-21-14/h10,12H,4-9,11H2,1-3H3;7-9H,2-6H2,1H3. The first-order valence-electron chi connectivity index (χ1n) is 16.4. The number of piperazine rings is 2. The molecule has 0 radical (unpaired) electrons. The topological polar surface area (TPSA) is 103 Å². The van der Waals surface area contributed by atoms with Gasteiger partial charge in [-0.15, -0.1) is 32.9 Å². The van der Waals surface area contributed by atoms with E-state index in [0.717, 1.165) is 98.2 Å². The first kappa shape index (κ1) is 32.4. The highest BCUT2D eigenvalue weighted by Gasteiger charge is 2.32. The second-order valence-electron chi connectivity index (χ2n) is 12.5. The summed E-state index contributed by atoms with van der Waals surface area (Å²) in [4.78, 5) is 37.3. The van der Waals surface area contributed by atoms with Gasteiger partial charge in [0.15, 0.2) is 5.17 Å². The monoisotopic (exact) mass is 707 g/mol. The second-order valence-corrected chi connectivity index (χ2v) is 17.2. The number of anilines is 3. The molecule has 0 amide bonds. The third-order valence-electron chi connectivity index (χ3n) is 8.57. The van der Waals surface area contributed by atoms with E-state index in [1.165, 1.54) is 32.1 Å². The fourth-order valence-corrected chi connectivity index (χ4v) is 9.79. The molecule has 2 saturated heterocycles. The first-order chi connectivity index (χ1) is 22.9. The number of thioether (sulfide) groups is 1. The predicted molar refractivity (Wildman–Crippen MR) is 200 cm³/mol. The lowest BCUT2D eigenvalue weighted by Gasteiger charge is -2.36. The number of amidine groups is 1.